The molecule has 0 rings (SSSR count). The molecule has 5 heteroatoms. The van der Waals surface area contributed by atoms with Gasteiger partial charge < -0.3 is 20.1 Å². The lowest BCUT2D eigenvalue weighted by atomic mass is 10.1. The number of aliphatic carboxylic acids is 1. The van der Waals surface area contributed by atoms with Crippen LogP contribution in [0.5, 0.6) is 0 Å². The molecule has 1 atom stereocenters. The summed E-state index contributed by atoms with van der Waals surface area (Å²) in [5, 5.41) is 26.7. The Labute approximate surface area is 62.6 Å². The molecular formula is C6H7O5-. The van der Waals surface area contributed by atoms with Gasteiger partial charge in [-0.05, 0) is 0 Å². The number of carboxylic acids is 1. The van der Waals surface area contributed by atoms with Crippen LogP contribution in [0.25, 0.3) is 0 Å². The highest BCUT2D eigenvalue weighted by atomic mass is 16.4. The van der Waals surface area contributed by atoms with Crippen LogP contribution in [0.15, 0.2) is 12.2 Å². The molecular weight excluding hydrogens is 152 g/mol. The summed E-state index contributed by atoms with van der Waals surface area (Å²) in [6.07, 6.45) is -1.72. The van der Waals surface area contributed by atoms with Gasteiger partial charge in [0, 0.05) is 5.57 Å². The fraction of sp³-hybridized carbons (Fsp3) is 0.333. The van der Waals surface area contributed by atoms with E-state index in [0.717, 1.165) is 0 Å². The van der Waals surface area contributed by atoms with Crippen molar-refractivity contribution in [1.29, 1.82) is 0 Å². The molecule has 0 radical (unpaired) electrons. The number of ketones is 1. The first kappa shape index (κ1) is 9.80. The van der Waals surface area contributed by atoms with E-state index in [2.05, 4.69) is 6.58 Å². The normalized spacial score (nSPS) is 12.2. The maximum absolute atomic E-state index is 10.6. The largest absolute Gasteiger partial charge is 0.545 e. The summed E-state index contributed by atoms with van der Waals surface area (Å²) < 4.78 is 0. The van der Waals surface area contributed by atoms with Gasteiger partial charge in [0.25, 0.3) is 0 Å². The number of carboxylic acid groups (broad SMARTS) is 1. The summed E-state index contributed by atoms with van der Waals surface area (Å²) in [5.74, 6) is -2.88. The molecule has 0 fully saturated rings. The number of rotatable bonds is 4. The third-order valence-electron chi connectivity index (χ3n) is 1.02. The Balaban J connectivity index is 4.26. The second-order valence-electron chi connectivity index (χ2n) is 1.83. The number of Topliss-reactive ketones (excluding diaryl/α,β-unsaturated/α-hetero) is 1. The minimum absolute atomic E-state index is 0.828. The number of hydrogen-bond acceptors (Lipinski definition) is 5. The molecule has 0 aliphatic heterocycles. The molecule has 0 aliphatic carbocycles. The number of aliphatic hydroxyl groups is 2. The molecule has 0 aromatic heterocycles. The molecule has 0 aromatic carbocycles. The summed E-state index contributed by atoms with van der Waals surface area (Å²) in [7, 11) is 0. The first-order valence-corrected chi connectivity index (χ1v) is 2.74. The van der Waals surface area contributed by atoms with Crippen molar-refractivity contribution in [2.24, 2.45) is 0 Å². The zero-order valence-corrected chi connectivity index (χ0v) is 5.61. The summed E-state index contributed by atoms with van der Waals surface area (Å²) in [4.78, 5) is 20.5. The summed E-state index contributed by atoms with van der Waals surface area (Å²) in [6, 6.07) is 0. The van der Waals surface area contributed by atoms with E-state index in [4.69, 9.17) is 10.2 Å². The highest BCUT2D eigenvalue weighted by Crippen LogP contribution is 1.95. The zero-order valence-electron chi connectivity index (χ0n) is 5.61. The third kappa shape index (κ3) is 2.48. The van der Waals surface area contributed by atoms with Gasteiger partial charge in [0.15, 0.2) is 5.78 Å². The van der Waals surface area contributed by atoms with E-state index in [1.165, 1.54) is 0 Å². The molecule has 0 aromatic rings. The molecule has 11 heavy (non-hydrogen) atoms. The van der Waals surface area contributed by atoms with Crippen LogP contribution in [0.3, 0.4) is 0 Å². The van der Waals surface area contributed by atoms with Crippen molar-refractivity contribution in [2.45, 2.75) is 6.10 Å². The van der Waals surface area contributed by atoms with Gasteiger partial charge >= 0.3 is 0 Å². The van der Waals surface area contributed by atoms with Gasteiger partial charge in [0.1, 0.15) is 6.10 Å². The molecule has 0 spiro atoms. The predicted molar refractivity (Wildman–Crippen MR) is 32.2 cm³/mol. The van der Waals surface area contributed by atoms with Crippen molar-refractivity contribution < 1.29 is 24.9 Å². The molecule has 0 saturated heterocycles. The number of carbonyl (C=O) groups is 2. The second-order valence-corrected chi connectivity index (χ2v) is 1.83. The van der Waals surface area contributed by atoms with E-state index in [9.17, 15) is 14.7 Å². The topological polar surface area (TPSA) is 97.7 Å². The standard InChI is InChI=1S/C6H8O5/c1-3(6(10)11)5(9)4(8)2-7/h4,7-8H,1-2H2,(H,10,11)/p-1. The van der Waals surface area contributed by atoms with Crippen molar-refractivity contribution in [3.8, 4) is 0 Å². The lowest BCUT2D eigenvalue weighted by Gasteiger charge is -2.08. The lowest BCUT2D eigenvalue weighted by molar-refractivity contribution is -0.298. The van der Waals surface area contributed by atoms with Crippen molar-refractivity contribution in [2.75, 3.05) is 6.61 Å². The van der Waals surface area contributed by atoms with Gasteiger partial charge in [-0.2, -0.15) is 0 Å². The second kappa shape index (κ2) is 3.85. The van der Waals surface area contributed by atoms with Crippen LogP contribution in [-0.4, -0.2) is 34.7 Å². The Morgan fingerprint density at radius 1 is 1.55 bits per heavy atom. The molecule has 0 aliphatic rings. The average molecular weight is 159 g/mol. The number of hydrogen-bond donors (Lipinski definition) is 2. The Morgan fingerprint density at radius 3 is 2.27 bits per heavy atom. The monoisotopic (exact) mass is 159 g/mol. The van der Waals surface area contributed by atoms with Crippen LogP contribution >= 0.6 is 0 Å². The van der Waals surface area contributed by atoms with Crippen LogP contribution < -0.4 is 5.11 Å². The molecule has 0 saturated carbocycles. The summed E-state index contributed by atoms with van der Waals surface area (Å²) in [5.41, 5.74) is -0.841. The van der Waals surface area contributed by atoms with Crippen molar-refractivity contribution in [3.05, 3.63) is 12.2 Å². The summed E-state index contributed by atoms with van der Waals surface area (Å²) >= 11 is 0. The van der Waals surface area contributed by atoms with Gasteiger partial charge in [0.2, 0.25) is 0 Å². The fourth-order valence-corrected chi connectivity index (χ4v) is 0.385. The fourth-order valence-electron chi connectivity index (χ4n) is 0.385. The molecule has 2 N–H and O–H groups in total. The molecule has 0 amide bonds. The average Bonchev–Trinajstić information content (AvgIpc) is 2.00. The highest BCUT2D eigenvalue weighted by molar-refractivity contribution is 6.16. The van der Waals surface area contributed by atoms with Gasteiger partial charge in [0.05, 0.1) is 12.6 Å². The van der Waals surface area contributed by atoms with Crippen LogP contribution in [-0.2, 0) is 9.59 Å². The third-order valence-corrected chi connectivity index (χ3v) is 1.02. The van der Waals surface area contributed by atoms with E-state index in [-0.39, 0.29) is 0 Å². The smallest absolute Gasteiger partial charge is 0.194 e. The quantitative estimate of drug-likeness (QED) is 0.262. The Kier molecular flexibility index (Phi) is 3.43. The predicted octanol–water partition coefficient (Wildman–Crippen LogP) is -2.79. The van der Waals surface area contributed by atoms with E-state index >= 15 is 0 Å². The van der Waals surface area contributed by atoms with E-state index < -0.39 is 30.0 Å². The minimum atomic E-state index is -1.75. The minimum Gasteiger partial charge on any atom is -0.545 e. The zero-order chi connectivity index (χ0) is 9.02. The van der Waals surface area contributed by atoms with Gasteiger partial charge in [-0.15, -0.1) is 0 Å². The first-order valence-electron chi connectivity index (χ1n) is 2.74. The highest BCUT2D eigenvalue weighted by Gasteiger charge is 2.17. The van der Waals surface area contributed by atoms with Crippen molar-refractivity contribution in [1.82, 2.24) is 0 Å². The molecule has 5 nitrogen and oxygen atoms in total. The molecule has 0 heterocycles. The SMILES string of the molecule is C=C(C(=O)[O-])C(=O)C(O)CO. The van der Waals surface area contributed by atoms with Crippen molar-refractivity contribution >= 4 is 11.8 Å². The van der Waals surface area contributed by atoms with E-state index in [0.29, 0.717) is 0 Å². The Morgan fingerprint density at radius 2 is 2.00 bits per heavy atom. The van der Waals surface area contributed by atoms with Gasteiger partial charge in [-0.25, -0.2) is 0 Å². The maximum Gasteiger partial charge on any atom is 0.194 e. The lowest BCUT2D eigenvalue weighted by Crippen LogP contribution is -2.34. The van der Waals surface area contributed by atoms with Gasteiger partial charge in [-0.3, -0.25) is 4.79 Å². The first-order chi connectivity index (χ1) is 5.00. The van der Waals surface area contributed by atoms with E-state index in [1.807, 2.05) is 0 Å². The molecule has 0 bridgehead atoms. The number of carbonyl (C=O) groups excluding carboxylic acids is 2. The van der Waals surface area contributed by atoms with Crippen molar-refractivity contribution in [3.63, 3.8) is 0 Å². The molecule has 62 valence electrons. The molecule has 1 unspecified atom stereocenters. The number of aliphatic hydroxyl groups excluding tert-OH is 2. The van der Waals surface area contributed by atoms with Crippen LogP contribution in [0.2, 0.25) is 0 Å². The van der Waals surface area contributed by atoms with Crippen LogP contribution in [0.4, 0.5) is 0 Å². The Bertz CT molecular complexity index is 195. The van der Waals surface area contributed by atoms with Crippen LogP contribution in [0.1, 0.15) is 0 Å². The Hall–Kier alpha value is -1.20. The maximum atomic E-state index is 10.6. The van der Waals surface area contributed by atoms with Gasteiger partial charge in [-0.1, -0.05) is 6.58 Å². The van der Waals surface area contributed by atoms with Crippen LogP contribution in [0, 0.1) is 0 Å². The summed E-state index contributed by atoms with van der Waals surface area (Å²) in [6.45, 7) is 2.01. The van der Waals surface area contributed by atoms with E-state index in [1.54, 1.807) is 0 Å².